The molecule has 0 atom stereocenters. The van der Waals surface area contributed by atoms with E-state index in [4.69, 9.17) is 0 Å². The van der Waals surface area contributed by atoms with Crippen LogP contribution in [-0.2, 0) is 17.9 Å². The van der Waals surface area contributed by atoms with Crippen molar-refractivity contribution in [2.45, 2.75) is 26.9 Å². The Morgan fingerprint density at radius 1 is 1.21 bits per heavy atom. The van der Waals surface area contributed by atoms with E-state index in [0.717, 1.165) is 13.1 Å². The van der Waals surface area contributed by atoms with E-state index in [1.54, 1.807) is 0 Å². The topological polar surface area (TPSA) is 20.3 Å². The summed E-state index contributed by atoms with van der Waals surface area (Å²) in [5.74, 6) is 0.352. The summed E-state index contributed by atoms with van der Waals surface area (Å²) < 4.78 is 0. The minimum Gasteiger partial charge on any atom is -0.334 e. The monoisotopic (exact) mass is 189 g/mol. The average molecular weight is 189 g/mol. The first kappa shape index (κ1) is 9.25. The quantitative estimate of drug-likeness (QED) is 0.663. The van der Waals surface area contributed by atoms with E-state index in [1.807, 2.05) is 30.9 Å². The van der Waals surface area contributed by atoms with E-state index in [9.17, 15) is 4.79 Å². The fourth-order valence-electron chi connectivity index (χ4n) is 1.85. The van der Waals surface area contributed by atoms with E-state index in [2.05, 4.69) is 12.1 Å². The molecule has 1 aromatic rings. The fraction of sp³-hybridized carbons (Fsp3) is 0.417. The third kappa shape index (κ3) is 1.52. The molecule has 2 heteroatoms. The molecular weight excluding hydrogens is 174 g/mol. The van der Waals surface area contributed by atoms with Crippen molar-refractivity contribution in [3.63, 3.8) is 0 Å². The van der Waals surface area contributed by atoms with Crippen LogP contribution < -0.4 is 0 Å². The minimum atomic E-state index is 0.101. The Hall–Kier alpha value is -1.31. The number of nitrogens with zero attached hydrogens (tertiary/aromatic N) is 1. The van der Waals surface area contributed by atoms with Gasteiger partial charge < -0.3 is 4.90 Å². The molecule has 0 saturated carbocycles. The van der Waals surface area contributed by atoms with Crippen LogP contribution >= 0.6 is 0 Å². The lowest BCUT2D eigenvalue weighted by molar-refractivity contribution is -0.135. The molecule has 0 bridgehead atoms. The van der Waals surface area contributed by atoms with Gasteiger partial charge in [0.05, 0.1) is 0 Å². The summed E-state index contributed by atoms with van der Waals surface area (Å²) in [6, 6.07) is 8.26. The molecule has 2 rings (SSSR count). The normalized spacial score (nSPS) is 14.6. The standard InChI is InChI=1S/C12H15NO/c1-9(2)12(14)13-7-10-5-3-4-6-11(10)8-13/h3-6,9H,7-8H2,1-2H3. The van der Waals surface area contributed by atoms with E-state index in [1.165, 1.54) is 11.1 Å². The molecule has 0 aromatic heterocycles. The highest BCUT2D eigenvalue weighted by atomic mass is 16.2. The molecule has 0 saturated heterocycles. The molecule has 0 N–H and O–H groups in total. The maximum absolute atomic E-state index is 11.7. The number of carbonyl (C=O) groups excluding carboxylic acids is 1. The van der Waals surface area contributed by atoms with Crippen molar-refractivity contribution in [3.8, 4) is 0 Å². The molecule has 0 unspecified atom stereocenters. The molecule has 1 amide bonds. The lowest BCUT2D eigenvalue weighted by Crippen LogP contribution is -2.29. The lowest BCUT2D eigenvalue weighted by atomic mass is 10.1. The number of hydrogen-bond donors (Lipinski definition) is 0. The molecule has 0 aliphatic carbocycles. The zero-order valence-corrected chi connectivity index (χ0v) is 8.66. The maximum atomic E-state index is 11.7. The minimum absolute atomic E-state index is 0.101. The molecule has 0 fully saturated rings. The highest BCUT2D eigenvalue weighted by molar-refractivity contribution is 5.78. The van der Waals surface area contributed by atoms with Gasteiger partial charge in [-0.1, -0.05) is 38.1 Å². The average Bonchev–Trinajstić information content (AvgIpc) is 2.59. The van der Waals surface area contributed by atoms with Crippen molar-refractivity contribution in [2.24, 2.45) is 5.92 Å². The van der Waals surface area contributed by atoms with Crippen molar-refractivity contribution in [2.75, 3.05) is 0 Å². The number of rotatable bonds is 1. The summed E-state index contributed by atoms with van der Waals surface area (Å²) in [4.78, 5) is 13.7. The largest absolute Gasteiger partial charge is 0.334 e. The first-order chi connectivity index (χ1) is 6.68. The predicted octanol–water partition coefficient (Wildman–Crippen LogP) is 2.18. The van der Waals surface area contributed by atoms with Crippen LogP contribution in [0.25, 0.3) is 0 Å². The third-order valence-electron chi connectivity index (χ3n) is 2.65. The third-order valence-corrected chi connectivity index (χ3v) is 2.65. The lowest BCUT2D eigenvalue weighted by Gasteiger charge is -2.17. The SMILES string of the molecule is CC(C)C(=O)N1Cc2ccccc2C1. The van der Waals surface area contributed by atoms with Crippen molar-refractivity contribution in [1.82, 2.24) is 4.90 Å². The summed E-state index contributed by atoms with van der Waals surface area (Å²) in [6.07, 6.45) is 0. The van der Waals surface area contributed by atoms with Gasteiger partial charge in [0.2, 0.25) is 5.91 Å². The van der Waals surface area contributed by atoms with Crippen LogP contribution in [0.2, 0.25) is 0 Å². The van der Waals surface area contributed by atoms with E-state index in [-0.39, 0.29) is 11.8 Å². The van der Waals surface area contributed by atoms with Crippen molar-refractivity contribution < 1.29 is 4.79 Å². The van der Waals surface area contributed by atoms with Gasteiger partial charge in [-0.15, -0.1) is 0 Å². The van der Waals surface area contributed by atoms with Gasteiger partial charge in [0.15, 0.2) is 0 Å². The van der Waals surface area contributed by atoms with Crippen LogP contribution in [-0.4, -0.2) is 10.8 Å². The van der Waals surface area contributed by atoms with Gasteiger partial charge >= 0.3 is 0 Å². The van der Waals surface area contributed by atoms with Gasteiger partial charge in [0, 0.05) is 19.0 Å². The number of carbonyl (C=O) groups is 1. The summed E-state index contributed by atoms with van der Waals surface area (Å²) in [6.45, 7) is 5.47. The van der Waals surface area contributed by atoms with E-state index in [0.29, 0.717) is 0 Å². The second kappa shape index (κ2) is 3.45. The van der Waals surface area contributed by atoms with Gasteiger partial charge in [-0.2, -0.15) is 0 Å². The number of amides is 1. The van der Waals surface area contributed by atoms with Crippen molar-refractivity contribution in [3.05, 3.63) is 35.4 Å². The molecular formula is C12H15NO. The van der Waals surface area contributed by atoms with Crippen molar-refractivity contribution in [1.29, 1.82) is 0 Å². The molecule has 0 spiro atoms. The summed E-state index contributed by atoms with van der Waals surface area (Å²) in [7, 11) is 0. The van der Waals surface area contributed by atoms with Crippen LogP contribution in [0.5, 0.6) is 0 Å². The Kier molecular flexibility index (Phi) is 2.28. The fourth-order valence-corrected chi connectivity index (χ4v) is 1.85. The van der Waals surface area contributed by atoms with Crippen LogP contribution in [0, 0.1) is 5.92 Å². The van der Waals surface area contributed by atoms with Gasteiger partial charge in [0.1, 0.15) is 0 Å². The zero-order valence-electron chi connectivity index (χ0n) is 8.66. The number of benzene rings is 1. The maximum Gasteiger partial charge on any atom is 0.225 e. The van der Waals surface area contributed by atoms with Crippen LogP contribution in [0.4, 0.5) is 0 Å². The summed E-state index contributed by atoms with van der Waals surface area (Å²) >= 11 is 0. The van der Waals surface area contributed by atoms with Gasteiger partial charge in [0.25, 0.3) is 0 Å². The van der Waals surface area contributed by atoms with Crippen LogP contribution in [0.1, 0.15) is 25.0 Å². The predicted molar refractivity (Wildman–Crippen MR) is 55.5 cm³/mol. The van der Waals surface area contributed by atoms with E-state index >= 15 is 0 Å². The molecule has 1 aliphatic rings. The van der Waals surface area contributed by atoms with Gasteiger partial charge in [-0.25, -0.2) is 0 Å². The highest BCUT2D eigenvalue weighted by Gasteiger charge is 2.24. The number of hydrogen-bond acceptors (Lipinski definition) is 1. The Balaban J connectivity index is 2.16. The molecule has 1 heterocycles. The summed E-state index contributed by atoms with van der Waals surface area (Å²) in [5.41, 5.74) is 2.59. The Morgan fingerprint density at radius 3 is 2.14 bits per heavy atom. The summed E-state index contributed by atoms with van der Waals surface area (Å²) in [5, 5.41) is 0. The molecule has 0 radical (unpaired) electrons. The molecule has 1 aromatic carbocycles. The molecule has 14 heavy (non-hydrogen) atoms. The first-order valence-electron chi connectivity index (χ1n) is 5.04. The molecule has 1 aliphatic heterocycles. The van der Waals surface area contributed by atoms with Gasteiger partial charge in [-0.3, -0.25) is 4.79 Å². The molecule has 2 nitrogen and oxygen atoms in total. The van der Waals surface area contributed by atoms with Crippen molar-refractivity contribution >= 4 is 5.91 Å². The number of fused-ring (bicyclic) bond motifs is 1. The van der Waals surface area contributed by atoms with E-state index < -0.39 is 0 Å². The zero-order chi connectivity index (χ0) is 10.1. The smallest absolute Gasteiger partial charge is 0.225 e. The first-order valence-corrected chi connectivity index (χ1v) is 5.04. The highest BCUT2D eigenvalue weighted by Crippen LogP contribution is 2.23. The Bertz CT molecular complexity index is 332. The Labute approximate surface area is 84.5 Å². The van der Waals surface area contributed by atoms with Gasteiger partial charge in [-0.05, 0) is 11.1 Å². The van der Waals surface area contributed by atoms with Crippen LogP contribution in [0.3, 0.4) is 0 Å². The molecule has 74 valence electrons. The second-order valence-corrected chi connectivity index (χ2v) is 4.12. The Morgan fingerprint density at radius 2 is 1.71 bits per heavy atom. The van der Waals surface area contributed by atoms with Crippen LogP contribution in [0.15, 0.2) is 24.3 Å². The second-order valence-electron chi connectivity index (χ2n) is 4.12.